The van der Waals surface area contributed by atoms with Gasteiger partial charge in [-0.15, -0.1) is 10.2 Å². The van der Waals surface area contributed by atoms with Gasteiger partial charge in [0.05, 0.1) is 12.7 Å². The molecule has 2 heterocycles. The number of aromatic amines is 1. The Bertz CT molecular complexity index is 749. The second kappa shape index (κ2) is 7.57. The van der Waals surface area contributed by atoms with Crippen LogP contribution in [0.15, 0.2) is 0 Å². The number of carbonyl (C=O) groups is 2. The zero-order chi connectivity index (χ0) is 17.9. The van der Waals surface area contributed by atoms with Gasteiger partial charge in [-0.3, -0.25) is 10.1 Å². The first-order valence-electron chi connectivity index (χ1n) is 7.80. The number of methoxy groups -OCH3 is 1. The van der Waals surface area contributed by atoms with E-state index in [4.69, 9.17) is 4.74 Å². The lowest BCUT2D eigenvalue weighted by Gasteiger charge is -2.02. The molecule has 2 rings (SSSR count). The van der Waals surface area contributed by atoms with Gasteiger partial charge in [-0.25, -0.2) is 4.79 Å². The molecule has 0 unspecified atom stereocenters. The average molecular weight is 350 g/mol. The van der Waals surface area contributed by atoms with Gasteiger partial charge in [0.25, 0.3) is 5.91 Å². The first kappa shape index (κ1) is 18.1. The molecule has 2 aromatic rings. The van der Waals surface area contributed by atoms with Gasteiger partial charge in [-0.05, 0) is 24.8 Å². The molecule has 130 valence electrons. The Morgan fingerprint density at radius 1 is 1.33 bits per heavy atom. The molecular weight excluding hydrogens is 328 g/mol. The molecule has 0 saturated heterocycles. The van der Waals surface area contributed by atoms with Crippen molar-refractivity contribution < 1.29 is 14.3 Å². The maximum absolute atomic E-state index is 12.5. The Morgan fingerprint density at radius 3 is 2.62 bits per heavy atom. The van der Waals surface area contributed by atoms with Gasteiger partial charge in [0.2, 0.25) is 5.13 Å². The molecule has 1 amide bonds. The van der Waals surface area contributed by atoms with E-state index < -0.39 is 5.97 Å². The van der Waals surface area contributed by atoms with E-state index in [0.717, 1.165) is 11.4 Å². The number of rotatable bonds is 6. The summed E-state index contributed by atoms with van der Waals surface area (Å²) in [4.78, 5) is 27.4. The summed E-state index contributed by atoms with van der Waals surface area (Å²) >= 11 is 1.36. The third-order valence-electron chi connectivity index (χ3n) is 3.57. The molecule has 0 aliphatic carbocycles. The van der Waals surface area contributed by atoms with E-state index >= 15 is 0 Å². The fourth-order valence-corrected chi connectivity index (χ4v) is 3.37. The molecule has 0 aliphatic heterocycles. The van der Waals surface area contributed by atoms with Crippen molar-refractivity contribution in [1.82, 2.24) is 15.2 Å². The SMILES string of the molecule is CCc1[nH]c(C(=O)Nc2nnc(CC(C)C)s2)c(C)c1C(=O)OC. The Hall–Kier alpha value is -2.22. The molecule has 2 aromatic heterocycles. The third kappa shape index (κ3) is 3.81. The predicted octanol–water partition coefficient (Wildman–Crippen LogP) is 2.97. The standard InChI is InChI=1S/C16H22N4O3S/c1-6-10-12(15(22)23-5)9(4)13(17-10)14(21)18-16-20-19-11(24-16)7-8(2)3/h8,17H,6-7H2,1-5H3,(H,18,20,21). The van der Waals surface area contributed by atoms with Crippen LogP contribution >= 0.6 is 11.3 Å². The Morgan fingerprint density at radius 2 is 2.04 bits per heavy atom. The smallest absolute Gasteiger partial charge is 0.339 e. The monoisotopic (exact) mass is 350 g/mol. The van der Waals surface area contributed by atoms with Crippen molar-refractivity contribution in [3.05, 3.63) is 27.5 Å². The Labute approximate surface area is 144 Å². The van der Waals surface area contributed by atoms with Crippen LogP contribution in [0.3, 0.4) is 0 Å². The normalized spacial score (nSPS) is 10.9. The number of H-pyrrole nitrogens is 1. The van der Waals surface area contributed by atoms with Crippen molar-refractivity contribution >= 4 is 28.3 Å². The van der Waals surface area contributed by atoms with Crippen molar-refractivity contribution in [2.45, 2.75) is 40.5 Å². The fourth-order valence-electron chi connectivity index (χ4n) is 2.42. The highest BCUT2D eigenvalue weighted by atomic mass is 32.1. The zero-order valence-electron chi connectivity index (χ0n) is 14.5. The molecule has 0 aromatic carbocycles. The molecule has 0 fully saturated rings. The van der Waals surface area contributed by atoms with Crippen LogP contribution in [0.25, 0.3) is 0 Å². The van der Waals surface area contributed by atoms with Crippen LogP contribution in [-0.2, 0) is 17.6 Å². The minimum Gasteiger partial charge on any atom is -0.465 e. The summed E-state index contributed by atoms with van der Waals surface area (Å²) in [5, 5.41) is 12.1. The Balaban J connectivity index is 2.22. The van der Waals surface area contributed by atoms with Crippen LogP contribution in [0.1, 0.15) is 57.9 Å². The van der Waals surface area contributed by atoms with E-state index in [1.165, 1.54) is 18.4 Å². The van der Waals surface area contributed by atoms with Crippen molar-refractivity contribution in [1.29, 1.82) is 0 Å². The highest BCUT2D eigenvalue weighted by Gasteiger charge is 2.24. The van der Waals surface area contributed by atoms with Crippen molar-refractivity contribution in [3.63, 3.8) is 0 Å². The van der Waals surface area contributed by atoms with Gasteiger partial charge >= 0.3 is 5.97 Å². The molecule has 0 radical (unpaired) electrons. The van der Waals surface area contributed by atoms with Crippen LogP contribution in [0.5, 0.6) is 0 Å². The minimum atomic E-state index is -0.449. The lowest BCUT2D eigenvalue weighted by Crippen LogP contribution is -2.14. The topological polar surface area (TPSA) is 97.0 Å². The zero-order valence-corrected chi connectivity index (χ0v) is 15.3. The van der Waals surface area contributed by atoms with E-state index in [2.05, 4.69) is 34.3 Å². The van der Waals surface area contributed by atoms with Crippen LogP contribution in [0.4, 0.5) is 5.13 Å². The third-order valence-corrected chi connectivity index (χ3v) is 4.43. The predicted molar refractivity (Wildman–Crippen MR) is 92.7 cm³/mol. The molecule has 8 heteroatoms. The number of anilines is 1. The number of carbonyl (C=O) groups excluding carboxylic acids is 2. The summed E-state index contributed by atoms with van der Waals surface area (Å²) in [5.41, 5.74) is 2.01. The van der Waals surface area contributed by atoms with Crippen molar-refractivity contribution in [2.75, 3.05) is 12.4 Å². The summed E-state index contributed by atoms with van der Waals surface area (Å²) in [7, 11) is 1.32. The number of ether oxygens (including phenoxy) is 1. The molecule has 0 spiro atoms. The molecule has 0 saturated carbocycles. The van der Waals surface area contributed by atoms with Crippen LogP contribution in [0.2, 0.25) is 0 Å². The minimum absolute atomic E-state index is 0.341. The number of amides is 1. The lowest BCUT2D eigenvalue weighted by atomic mass is 10.1. The molecule has 0 aliphatic rings. The number of aromatic nitrogens is 3. The summed E-state index contributed by atoms with van der Waals surface area (Å²) < 4.78 is 4.80. The number of esters is 1. The fraction of sp³-hybridized carbons (Fsp3) is 0.500. The molecule has 0 atom stereocenters. The van der Waals surface area contributed by atoms with Crippen LogP contribution in [0, 0.1) is 12.8 Å². The van der Waals surface area contributed by atoms with Gasteiger partial charge in [0.15, 0.2) is 0 Å². The van der Waals surface area contributed by atoms with E-state index in [-0.39, 0.29) is 5.91 Å². The molecular formula is C16H22N4O3S. The highest BCUT2D eigenvalue weighted by molar-refractivity contribution is 7.15. The van der Waals surface area contributed by atoms with E-state index in [0.29, 0.717) is 40.0 Å². The lowest BCUT2D eigenvalue weighted by molar-refractivity contribution is 0.0599. The maximum atomic E-state index is 12.5. The summed E-state index contributed by atoms with van der Waals surface area (Å²) in [6.07, 6.45) is 1.41. The summed E-state index contributed by atoms with van der Waals surface area (Å²) in [5.74, 6) is -0.318. The second-order valence-electron chi connectivity index (χ2n) is 5.88. The Kier molecular flexibility index (Phi) is 5.71. The molecule has 2 N–H and O–H groups in total. The number of nitrogens with zero attached hydrogens (tertiary/aromatic N) is 2. The number of nitrogens with one attached hydrogen (secondary N) is 2. The van der Waals surface area contributed by atoms with Crippen molar-refractivity contribution in [2.24, 2.45) is 5.92 Å². The summed E-state index contributed by atoms with van der Waals surface area (Å²) in [6, 6.07) is 0. The van der Waals surface area contributed by atoms with E-state index in [9.17, 15) is 9.59 Å². The van der Waals surface area contributed by atoms with Gasteiger partial charge in [-0.1, -0.05) is 32.1 Å². The average Bonchev–Trinajstić information content (AvgIpc) is 3.09. The van der Waals surface area contributed by atoms with E-state index in [1.807, 2.05) is 6.92 Å². The van der Waals surface area contributed by atoms with Crippen LogP contribution in [-0.4, -0.2) is 34.2 Å². The molecule has 24 heavy (non-hydrogen) atoms. The molecule has 7 nitrogen and oxygen atoms in total. The van der Waals surface area contributed by atoms with Gasteiger partial charge in [-0.2, -0.15) is 0 Å². The first-order chi connectivity index (χ1) is 11.4. The molecule has 0 bridgehead atoms. The maximum Gasteiger partial charge on any atom is 0.339 e. The quantitative estimate of drug-likeness (QED) is 0.781. The number of hydrogen-bond donors (Lipinski definition) is 2. The van der Waals surface area contributed by atoms with Gasteiger partial charge < -0.3 is 9.72 Å². The largest absolute Gasteiger partial charge is 0.465 e. The number of aryl methyl sites for hydroxylation is 1. The summed E-state index contributed by atoms with van der Waals surface area (Å²) in [6.45, 7) is 7.83. The second-order valence-corrected chi connectivity index (χ2v) is 6.94. The van der Waals surface area contributed by atoms with E-state index in [1.54, 1.807) is 6.92 Å². The van der Waals surface area contributed by atoms with Gasteiger partial charge in [0, 0.05) is 12.1 Å². The highest BCUT2D eigenvalue weighted by Crippen LogP contribution is 2.23. The van der Waals surface area contributed by atoms with Crippen LogP contribution < -0.4 is 5.32 Å². The van der Waals surface area contributed by atoms with Crippen molar-refractivity contribution in [3.8, 4) is 0 Å². The van der Waals surface area contributed by atoms with Gasteiger partial charge in [0.1, 0.15) is 10.7 Å². The number of hydrogen-bond acceptors (Lipinski definition) is 6. The first-order valence-corrected chi connectivity index (χ1v) is 8.62.